The highest BCUT2D eigenvalue weighted by atomic mass is 79.9. The lowest BCUT2D eigenvalue weighted by Gasteiger charge is -2.29. The average molecular weight is 516 g/mol. The van der Waals surface area contributed by atoms with Gasteiger partial charge in [-0.2, -0.15) is 0 Å². The fourth-order valence-electron chi connectivity index (χ4n) is 2.65. The number of benzene rings is 2. The Hall–Kier alpha value is -1.76. The number of carbonyl (C=O) groups is 2. The van der Waals surface area contributed by atoms with E-state index in [9.17, 15) is 9.59 Å². The zero-order valence-corrected chi connectivity index (χ0v) is 20.2. The van der Waals surface area contributed by atoms with E-state index in [2.05, 4.69) is 21.2 Å². The van der Waals surface area contributed by atoms with Crippen molar-refractivity contribution < 1.29 is 14.3 Å². The minimum Gasteiger partial charge on any atom is -0.484 e. The van der Waals surface area contributed by atoms with Gasteiger partial charge in [0.15, 0.2) is 6.61 Å². The predicted octanol–water partition coefficient (Wildman–Crippen LogP) is 5.32. The van der Waals surface area contributed by atoms with Crippen molar-refractivity contribution in [2.75, 3.05) is 13.2 Å². The second-order valence-corrected chi connectivity index (χ2v) is 9.01. The first kappa shape index (κ1) is 24.5. The summed E-state index contributed by atoms with van der Waals surface area (Å²) < 4.78 is 6.53. The maximum atomic E-state index is 13.0. The second-order valence-electron chi connectivity index (χ2n) is 7.28. The molecule has 1 N–H and O–H groups in total. The number of rotatable bonds is 9. The lowest BCUT2D eigenvalue weighted by molar-refractivity contribution is -0.142. The molecule has 1 unspecified atom stereocenters. The summed E-state index contributed by atoms with van der Waals surface area (Å²) in [6.07, 6.45) is 0. The Morgan fingerprint density at radius 2 is 1.67 bits per heavy atom. The number of carbonyl (C=O) groups excluding carboxylic acids is 2. The third-order valence-electron chi connectivity index (χ3n) is 4.42. The van der Waals surface area contributed by atoms with Gasteiger partial charge in [0.1, 0.15) is 11.8 Å². The molecule has 2 rings (SSSR count). The number of hydrogen-bond donors (Lipinski definition) is 1. The summed E-state index contributed by atoms with van der Waals surface area (Å²) in [6, 6.07) is 11.6. The van der Waals surface area contributed by atoms with Gasteiger partial charge < -0.3 is 15.0 Å². The highest BCUT2D eigenvalue weighted by Gasteiger charge is 2.27. The number of nitrogens with zero attached hydrogens (tertiary/aromatic N) is 1. The molecule has 162 valence electrons. The SMILES string of the molecule is CC(C)CNC(=O)C(C)N(Cc1c(Cl)cccc1Cl)C(=O)COc1ccc(Br)cc1. The molecule has 0 saturated carbocycles. The fourth-order valence-corrected chi connectivity index (χ4v) is 3.43. The summed E-state index contributed by atoms with van der Waals surface area (Å²) in [5.74, 6) is 0.258. The normalized spacial score (nSPS) is 11.8. The van der Waals surface area contributed by atoms with Crippen LogP contribution in [0.15, 0.2) is 46.9 Å². The zero-order chi connectivity index (χ0) is 22.3. The summed E-state index contributed by atoms with van der Waals surface area (Å²) in [4.78, 5) is 27.1. The molecule has 0 aliphatic carbocycles. The van der Waals surface area contributed by atoms with Crippen molar-refractivity contribution in [3.63, 3.8) is 0 Å². The first-order chi connectivity index (χ1) is 14.2. The molecule has 0 aliphatic rings. The van der Waals surface area contributed by atoms with Crippen molar-refractivity contribution in [3.8, 4) is 5.75 Å². The van der Waals surface area contributed by atoms with Gasteiger partial charge in [-0.15, -0.1) is 0 Å². The van der Waals surface area contributed by atoms with E-state index in [1.165, 1.54) is 4.90 Å². The lowest BCUT2D eigenvalue weighted by Crippen LogP contribution is -2.49. The van der Waals surface area contributed by atoms with Gasteiger partial charge in [0.25, 0.3) is 5.91 Å². The van der Waals surface area contributed by atoms with Crippen LogP contribution in [0, 0.1) is 5.92 Å². The Labute approximate surface area is 195 Å². The van der Waals surface area contributed by atoms with Crippen molar-refractivity contribution in [2.24, 2.45) is 5.92 Å². The molecular formula is C22H25BrCl2N2O3. The van der Waals surface area contributed by atoms with Crippen molar-refractivity contribution >= 4 is 50.9 Å². The Balaban J connectivity index is 2.19. The van der Waals surface area contributed by atoms with Gasteiger partial charge in [-0.3, -0.25) is 9.59 Å². The van der Waals surface area contributed by atoms with Crippen LogP contribution in [0.3, 0.4) is 0 Å². The van der Waals surface area contributed by atoms with Crippen LogP contribution in [-0.4, -0.2) is 35.9 Å². The molecule has 0 spiro atoms. The third kappa shape index (κ3) is 7.18. The maximum absolute atomic E-state index is 13.0. The van der Waals surface area contributed by atoms with Crippen LogP contribution in [-0.2, 0) is 16.1 Å². The number of nitrogens with one attached hydrogen (secondary N) is 1. The number of ether oxygens (including phenoxy) is 1. The summed E-state index contributed by atoms with van der Waals surface area (Å²) >= 11 is 15.9. The molecular weight excluding hydrogens is 491 g/mol. The van der Waals surface area contributed by atoms with Crippen LogP contribution < -0.4 is 10.1 Å². The van der Waals surface area contributed by atoms with E-state index >= 15 is 0 Å². The van der Waals surface area contributed by atoms with E-state index < -0.39 is 6.04 Å². The largest absolute Gasteiger partial charge is 0.484 e. The molecule has 2 aromatic rings. The molecule has 1 atom stereocenters. The lowest BCUT2D eigenvalue weighted by atomic mass is 10.1. The van der Waals surface area contributed by atoms with Crippen LogP contribution in [0.1, 0.15) is 26.3 Å². The van der Waals surface area contributed by atoms with Crippen molar-refractivity contribution in [2.45, 2.75) is 33.4 Å². The zero-order valence-electron chi connectivity index (χ0n) is 17.1. The van der Waals surface area contributed by atoms with Gasteiger partial charge >= 0.3 is 0 Å². The summed E-state index contributed by atoms with van der Waals surface area (Å²) in [7, 11) is 0. The van der Waals surface area contributed by atoms with Gasteiger partial charge in [-0.05, 0) is 49.2 Å². The highest BCUT2D eigenvalue weighted by Crippen LogP contribution is 2.26. The Bertz CT molecular complexity index is 855. The Kier molecular flexibility index (Phi) is 9.46. The minimum atomic E-state index is -0.725. The van der Waals surface area contributed by atoms with Gasteiger partial charge in [-0.25, -0.2) is 0 Å². The smallest absolute Gasteiger partial charge is 0.261 e. The molecule has 2 amide bonds. The first-order valence-electron chi connectivity index (χ1n) is 9.57. The Morgan fingerprint density at radius 3 is 2.23 bits per heavy atom. The van der Waals surface area contributed by atoms with Crippen molar-refractivity contribution in [1.29, 1.82) is 0 Å². The molecule has 0 heterocycles. The Morgan fingerprint density at radius 1 is 1.07 bits per heavy atom. The van der Waals surface area contributed by atoms with Gasteiger partial charge in [0.2, 0.25) is 5.91 Å². The first-order valence-corrected chi connectivity index (χ1v) is 11.1. The summed E-state index contributed by atoms with van der Waals surface area (Å²) in [5.41, 5.74) is 0.585. The maximum Gasteiger partial charge on any atom is 0.261 e. The molecule has 5 nitrogen and oxygen atoms in total. The van der Waals surface area contributed by atoms with Crippen LogP contribution in [0.25, 0.3) is 0 Å². The minimum absolute atomic E-state index is 0.0945. The van der Waals surface area contributed by atoms with Gasteiger partial charge in [0.05, 0.1) is 0 Å². The van der Waals surface area contributed by atoms with Crippen LogP contribution >= 0.6 is 39.1 Å². The predicted molar refractivity (Wildman–Crippen MR) is 124 cm³/mol. The monoisotopic (exact) mass is 514 g/mol. The molecule has 8 heteroatoms. The van der Waals surface area contributed by atoms with Crippen LogP contribution in [0.5, 0.6) is 5.75 Å². The van der Waals surface area contributed by atoms with Crippen molar-refractivity contribution in [3.05, 3.63) is 62.5 Å². The number of hydrogen-bond acceptors (Lipinski definition) is 3. The summed E-state index contributed by atoms with van der Waals surface area (Å²) in [6.45, 7) is 6.08. The van der Waals surface area contributed by atoms with E-state index in [4.69, 9.17) is 27.9 Å². The van der Waals surface area contributed by atoms with Gasteiger partial charge in [0, 0.05) is 33.2 Å². The second kappa shape index (κ2) is 11.6. The average Bonchev–Trinajstić information content (AvgIpc) is 2.70. The van der Waals surface area contributed by atoms with Gasteiger partial charge in [-0.1, -0.05) is 59.0 Å². The highest BCUT2D eigenvalue weighted by molar-refractivity contribution is 9.10. The van der Waals surface area contributed by atoms with E-state index in [0.29, 0.717) is 33.8 Å². The molecule has 0 saturated heterocycles. The molecule has 0 fully saturated rings. The molecule has 0 aliphatic heterocycles. The van der Waals surface area contributed by atoms with E-state index in [1.54, 1.807) is 37.3 Å². The van der Waals surface area contributed by atoms with Crippen LogP contribution in [0.2, 0.25) is 10.0 Å². The molecule has 2 aromatic carbocycles. The van der Waals surface area contributed by atoms with E-state index in [-0.39, 0.29) is 25.0 Å². The third-order valence-corrected chi connectivity index (χ3v) is 5.65. The fraction of sp³-hybridized carbons (Fsp3) is 0.364. The molecule has 0 bridgehead atoms. The van der Waals surface area contributed by atoms with Crippen molar-refractivity contribution in [1.82, 2.24) is 10.2 Å². The number of amides is 2. The molecule has 30 heavy (non-hydrogen) atoms. The van der Waals surface area contributed by atoms with E-state index in [0.717, 1.165) is 4.47 Å². The topological polar surface area (TPSA) is 58.6 Å². The molecule has 0 radical (unpaired) electrons. The summed E-state index contributed by atoms with van der Waals surface area (Å²) in [5, 5.41) is 3.74. The standard InChI is InChI=1S/C22H25BrCl2N2O3/c1-14(2)11-26-22(29)15(3)27(12-18-19(24)5-4-6-20(18)25)21(28)13-30-17-9-7-16(23)8-10-17/h4-10,14-15H,11-13H2,1-3H3,(H,26,29). The number of halogens is 3. The van der Waals surface area contributed by atoms with Crippen LogP contribution in [0.4, 0.5) is 0 Å². The van der Waals surface area contributed by atoms with E-state index in [1.807, 2.05) is 26.0 Å². The quantitative estimate of drug-likeness (QED) is 0.491. The molecule has 0 aromatic heterocycles.